The fraction of sp³-hybridized carbons (Fsp3) is 0.200. The molecule has 0 aliphatic carbocycles. The third kappa shape index (κ3) is 3.28. The smallest absolute Gasteiger partial charge is 0.264 e. The van der Waals surface area contributed by atoms with Gasteiger partial charge in [0.05, 0.1) is 4.88 Å². The third-order valence-corrected chi connectivity index (χ3v) is 5.44. The topological polar surface area (TPSA) is 45.6 Å². The molecule has 6 heteroatoms. The number of benzene rings is 1. The summed E-state index contributed by atoms with van der Waals surface area (Å²) in [6.45, 7) is 2.26. The fourth-order valence-corrected chi connectivity index (χ4v) is 3.85. The van der Waals surface area contributed by atoms with Crippen molar-refractivity contribution < 1.29 is 9.59 Å². The van der Waals surface area contributed by atoms with E-state index in [4.69, 9.17) is 0 Å². The first-order valence-electron chi connectivity index (χ1n) is 8.58. The molecule has 1 fully saturated rings. The van der Waals surface area contributed by atoms with Crippen molar-refractivity contribution in [3.8, 4) is 5.69 Å². The molecule has 1 aromatic carbocycles. The molecule has 1 saturated heterocycles. The number of carbonyl (C=O) groups is 2. The molecule has 132 valence electrons. The largest absolute Gasteiger partial charge is 0.335 e. The molecule has 0 radical (unpaired) electrons. The van der Waals surface area contributed by atoms with Gasteiger partial charge in [0, 0.05) is 49.8 Å². The zero-order chi connectivity index (χ0) is 17.9. The van der Waals surface area contributed by atoms with E-state index in [1.165, 1.54) is 11.3 Å². The van der Waals surface area contributed by atoms with Crippen LogP contribution in [0.2, 0.25) is 0 Å². The first-order valence-corrected chi connectivity index (χ1v) is 9.46. The summed E-state index contributed by atoms with van der Waals surface area (Å²) in [7, 11) is 0. The predicted molar refractivity (Wildman–Crippen MR) is 102 cm³/mol. The fourth-order valence-electron chi connectivity index (χ4n) is 3.16. The average Bonchev–Trinajstić information content (AvgIpc) is 3.41. The highest BCUT2D eigenvalue weighted by Crippen LogP contribution is 2.17. The van der Waals surface area contributed by atoms with E-state index in [1.807, 2.05) is 80.7 Å². The van der Waals surface area contributed by atoms with Crippen LogP contribution in [0.15, 0.2) is 66.3 Å². The lowest BCUT2D eigenvalue weighted by Gasteiger charge is -2.34. The molecule has 2 aromatic heterocycles. The summed E-state index contributed by atoms with van der Waals surface area (Å²) >= 11 is 1.45. The molecule has 0 spiro atoms. The molecule has 1 aliphatic rings. The van der Waals surface area contributed by atoms with Gasteiger partial charge >= 0.3 is 0 Å². The van der Waals surface area contributed by atoms with Crippen molar-refractivity contribution in [2.45, 2.75) is 0 Å². The van der Waals surface area contributed by atoms with Crippen molar-refractivity contribution >= 4 is 23.2 Å². The Morgan fingerprint density at radius 1 is 0.808 bits per heavy atom. The lowest BCUT2D eigenvalue weighted by Crippen LogP contribution is -2.50. The van der Waals surface area contributed by atoms with Gasteiger partial charge in [-0.2, -0.15) is 0 Å². The second kappa shape index (κ2) is 7.17. The Morgan fingerprint density at radius 3 is 2.15 bits per heavy atom. The quantitative estimate of drug-likeness (QED) is 0.716. The maximum absolute atomic E-state index is 12.8. The Balaban J connectivity index is 1.42. The molecule has 0 saturated carbocycles. The minimum Gasteiger partial charge on any atom is -0.335 e. The van der Waals surface area contributed by atoms with Gasteiger partial charge in [-0.3, -0.25) is 9.59 Å². The second-order valence-corrected chi connectivity index (χ2v) is 7.15. The van der Waals surface area contributed by atoms with Gasteiger partial charge in [-0.15, -0.1) is 11.3 Å². The summed E-state index contributed by atoms with van der Waals surface area (Å²) < 4.78 is 1.98. The van der Waals surface area contributed by atoms with E-state index in [2.05, 4.69) is 0 Å². The lowest BCUT2D eigenvalue weighted by molar-refractivity contribution is 0.0538. The molecular weight excluding hydrogens is 346 g/mol. The minimum absolute atomic E-state index is 0.0160. The van der Waals surface area contributed by atoms with Crippen LogP contribution in [0.5, 0.6) is 0 Å². The monoisotopic (exact) mass is 365 g/mol. The van der Waals surface area contributed by atoms with Gasteiger partial charge in [-0.05, 0) is 41.8 Å². The number of thiophene rings is 1. The predicted octanol–water partition coefficient (Wildman–Crippen LogP) is 3.14. The Morgan fingerprint density at radius 2 is 1.50 bits per heavy atom. The second-order valence-electron chi connectivity index (χ2n) is 6.20. The molecule has 0 unspecified atom stereocenters. The molecule has 4 rings (SSSR count). The molecule has 3 heterocycles. The SMILES string of the molecule is O=C(c1cccc(-n2cccc2)c1)N1CCN(C(=O)c2cccs2)CC1. The highest BCUT2D eigenvalue weighted by Gasteiger charge is 2.26. The number of aromatic nitrogens is 1. The summed E-state index contributed by atoms with van der Waals surface area (Å²) in [6.07, 6.45) is 3.91. The maximum Gasteiger partial charge on any atom is 0.264 e. The number of hydrogen-bond donors (Lipinski definition) is 0. The number of carbonyl (C=O) groups excluding carboxylic acids is 2. The highest BCUT2D eigenvalue weighted by atomic mass is 32.1. The van der Waals surface area contributed by atoms with Crippen molar-refractivity contribution in [1.82, 2.24) is 14.4 Å². The van der Waals surface area contributed by atoms with E-state index >= 15 is 0 Å². The highest BCUT2D eigenvalue weighted by molar-refractivity contribution is 7.12. The molecule has 5 nitrogen and oxygen atoms in total. The van der Waals surface area contributed by atoms with Crippen molar-refractivity contribution in [1.29, 1.82) is 0 Å². The summed E-state index contributed by atoms with van der Waals surface area (Å²) in [5.74, 6) is 0.0731. The van der Waals surface area contributed by atoms with E-state index in [0.29, 0.717) is 31.7 Å². The molecule has 0 N–H and O–H groups in total. The summed E-state index contributed by atoms with van der Waals surface area (Å²) in [5.41, 5.74) is 1.64. The summed E-state index contributed by atoms with van der Waals surface area (Å²) in [5, 5.41) is 1.91. The first-order chi connectivity index (χ1) is 12.7. The van der Waals surface area contributed by atoms with Crippen molar-refractivity contribution in [3.63, 3.8) is 0 Å². The Hall–Kier alpha value is -2.86. The van der Waals surface area contributed by atoms with Crippen LogP contribution >= 0.6 is 11.3 Å². The number of rotatable bonds is 3. The number of nitrogens with zero attached hydrogens (tertiary/aromatic N) is 3. The van der Waals surface area contributed by atoms with Crippen molar-refractivity contribution in [2.75, 3.05) is 26.2 Å². The molecule has 3 aromatic rings. The van der Waals surface area contributed by atoms with Gasteiger partial charge in [0.2, 0.25) is 0 Å². The summed E-state index contributed by atoms with van der Waals surface area (Å²) in [4.78, 5) is 29.7. The van der Waals surface area contributed by atoms with Crippen LogP contribution in [-0.2, 0) is 0 Å². The van der Waals surface area contributed by atoms with Crippen LogP contribution in [0.1, 0.15) is 20.0 Å². The van der Waals surface area contributed by atoms with Gasteiger partial charge in [0.1, 0.15) is 0 Å². The Bertz CT molecular complexity index is 895. The van der Waals surface area contributed by atoms with Gasteiger partial charge in [0.25, 0.3) is 11.8 Å². The van der Waals surface area contributed by atoms with E-state index < -0.39 is 0 Å². The van der Waals surface area contributed by atoms with E-state index in [-0.39, 0.29) is 11.8 Å². The Labute approximate surface area is 156 Å². The molecule has 2 amide bonds. The number of amides is 2. The van der Waals surface area contributed by atoms with Crippen LogP contribution in [0.4, 0.5) is 0 Å². The summed E-state index contributed by atoms with van der Waals surface area (Å²) in [6, 6.07) is 15.3. The van der Waals surface area contributed by atoms with Crippen LogP contribution in [0, 0.1) is 0 Å². The molecule has 1 aliphatic heterocycles. The molecule has 0 bridgehead atoms. The Kier molecular flexibility index (Phi) is 4.58. The molecule has 0 atom stereocenters. The van der Waals surface area contributed by atoms with Crippen molar-refractivity contribution in [3.05, 3.63) is 76.7 Å². The van der Waals surface area contributed by atoms with Crippen LogP contribution in [0.25, 0.3) is 5.69 Å². The minimum atomic E-state index is 0.0160. The zero-order valence-electron chi connectivity index (χ0n) is 14.2. The van der Waals surface area contributed by atoms with Crippen LogP contribution in [-0.4, -0.2) is 52.4 Å². The van der Waals surface area contributed by atoms with Gasteiger partial charge in [-0.1, -0.05) is 12.1 Å². The molecule has 26 heavy (non-hydrogen) atoms. The zero-order valence-corrected chi connectivity index (χ0v) is 15.1. The van der Waals surface area contributed by atoms with E-state index in [9.17, 15) is 9.59 Å². The van der Waals surface area contributed by atoms with Gasteiger partial charge < -0.3 is 14.4 Å². The first kappa shape index (κ1) is 16.6. The van der Waals surface area contributed by atoms with Crippen LogP contribution < -0.4 is 0 Å². The van der Waals surface area contributed by atoms with Gasteiger partial charge in [-0.25, -0.2) is 0 Å². The number of hydrogen-bond acceptors (Lipinski definition) is 3. The van der Waals surface area contributed by atoms with Crippen LogP contribution in [0.3, 0.4) is 0 Å². The average molecular weight is 365 g/mol. The molecular formula is C20H19N3O2S. The number of piperazine rings is 1. The van der Waals surface area contributed by atoms with Crippen molar-refractivity contribution in [2.24, 2.45) is 0 Å². The third-order valence-electron chi connectivity index (χ3n) is 4.58. The van der Waals surface area contributed by atoms with E-state index in [1.54, 1.807) is 0 Å². The standard InChI is InChI=1S/C20H19N3O2S/c24-19(16-5-3-6-17(15-16)21-8-1-2-9-21)22-10-12-23(13-11-22)20(25)18-7-4-14-26-18/h1-9,14-15H,10-13H2. The van der Waals surface area contributed by atoms with E-state index in [0.717, 1.165) is 10.6 Å². The maximum atomic E-state index is 12.8. The van der Waals surface area contributed by atoms with Gasteiger partial charge in [0.15, 0.2) is 0 Å². The lowest BCUT2D eigenvalue weighted by atomic mass is 10.1. The normalized spacial score (nSPS) is 14.5.